The van der Waals surface area contributed by atoms with E-state index in [1.807, 2.05) is 35.3 Å². The highest BCUT2D eigenvalue weighted by molar-refractivity contribution is 7.85. The summed E-state index contributed by atoms with van der Waals surface area (Å²) in [6.45, 7) is 0.789. The molecule has 1 aliphatic rings. The Hall–Kier alpha value is -1.62. The first kappa shape index (κ1) is 13.4. The van der Waals surface area contributed by atoms with Crippen molar-refractivity contribution in [2.45, 2.75) is 25.4 Å². The Labute approximate surface area is 121 Å². The molecule has 0 amide bonds. The molecular formula is C15H19N3OS. The first-order valence-corrected chi connectivity index (χ1v) is 8.46. The predicted molar refractivity (Wildman–Crippen MR) is 82.3 cm³/mol. The molecule has 2 heterocycles. The summed E-state index contributed by atoms with van der Waals surface area (Å²) in [5, 5.41) is 7.88. The molecule has 0 saturated carbocycles. The molecule has 1 saturated heterocycles. The Kier molecular flexibility index (Phi) is 4.16. The van der Waals surface area contributed by atoms with Crippen LogP contribution in [0.2, 0.25) is 0 Å². The number of rotatable bonds is 4. The van der Waals surface area contributed by atoms with Crippen LogP contribution in [0, 0.1) is 0 Å². The number of aromatic nitrogens is 2. The van der Waals surface area contributed by atoms with Gasteiger partial charge in [-0.3, -0.25) is 8.89 Å². The molecule has 1 fully saturated rings. The lowest BCUT2D eigenvalue weighted by Gasteiger charge is -2.22. The van der Waals surface area contributed by atoms with Gasteiger partial charge in [-0.15, -0.1) is 0 Å². The van der Waals surface area contributed by atoms with Crippen LogP contribution in [-0.2, 0) is 17.3 Å². The van der Waals surface area contributed by atoms with E-state index in [1.165, 1.54) is 5.56 Å². The highest BCUT2D eigenvalue weighted by Crippen LogP contribution is 2.16. The minimum atomic E-state index is -0.601. The lowest BCUT2D eigenvalue weighted by Crippen LogP contribution is -2.29. The zero-order valence-electron chi connectivity index (χ0n) is 11.4. The molecule has 106 valence electrons. The van der Waals surface area contributed by atoms with Crippen molar-refractivity contribution in [2.75, 3.05) is 16.8 Å². The van der Waals surface area contributed by atoms with E-state index in [-0.39, 0.29) is 0 Å². The van der Waals surface area contributed by atoms with Crippen molar-refractivity contribution >= 4 is 16.5 Å². The van der Waals surface area contributed by atoms with Crippen LogP contribution in [0.3, 0.4) is 0 Å². The number of anilines is 1. The summed E-state index contributed by atoms with van der Waals surface area (Å²) < 4.78 is 13.3. The monoisotopic (exact) mass is 289 g/mol. The van der Waals surface area contributed by atoms with Crippen molar-refractivity contribution in [2.24, 2.45) is 0 Å². The van der Waals surface area contributed by atoms with Gasteiger partial charge >= 0.3 is 0 Å². The Morgan fingerprint density at radius 3 is 2.75 bits per heavy atom. The Morgan fingerprint density at radius 1 is 1.25 bits per heavy atom. The van der Waals surface area contributed by atoms with E-state index < -0.39 is 10.8 Å². The number of nitrogens with zero attached hydrogens (tertiary/aromatic N) is 2. The van der Waals surface area contributed by atoms with E-state index in [9.17, 15) is 4.21 Å². The molecule has 0 radical (unpaired) electrons. The third-order valence-corrected chi connectivity index (χ3v) is 4.96. The van der Waals surface area contributed by atoms with E-state index in [1.54, 1.807) is 0 Å². The second kappa shape index (κ2) is 6.22. The van der Waals surface area contributed by atoms with Crippen LogP contribution >= 0.6 is 0 Å². The second-order valence-corrected chi connectivity index (χ2v) is 6.88. The smallest absolute Gasteiger partial charge is 0.0728 e. The lowest BCUT2D eigenvalue weighted by molar-refractivity contribution is 0.624. The summed E-state index contributed by atoms with van der Waals surface area (Å²) in [5.74, 6) is 1.63. The normalized spacial score (nSPS) is 22.6. The Balaban J connectivity index is 1.58. The van der Waals surface area contributed by atoms with Crippen LogP contribution in [0.5, 0.6) is 0 Å². The largest absolute Gasteiger partial charge is 0.380 e. The number of benzene rings is 1. The van der Waals surface area contributed by atoms with Gasteiger partial charge in [0.2, 0.25) is 0 Å². The standard InChI is InChI=1S/C15H19N3OS/c19-20-8-6-14(7-9-20)17-15-10-16-18(12-15)11-13-4-2-1-3-5-13/h1-5,10,12,14,17H,6-9,11H2. The zero-order chi connectivity index (χ0) is 13.8. The van der Waals surface area contributed by atoms with Crippen molar-refractivity contribution in [3.8, 4) is 0 Å². The van der Waals surface area contributed by atoms with Crippen LogP contribution in [-0.4, -0.2) is 31.5 Å². The topological polar surface area (TPSA) is 46.9 Å². The van der Waals surface area contributed by atoms with Gasteiger partial charge in [-0.25, -0.2) is 0 Å². The second-order valence-electron chi connectivity index (χ2n) is 5.18. The fourth-order valence-electron chi connectivity index (χ4n) is 2.47. The third-order valence-electron chi connectivity index (χ3n) is 3.58. The van der Waals surface area contributed by atoms with Crippen molar-refractivity contribution in [1.29, 1.82) is 0 Å². The van der Waals surface area contributed by atoms with Gasteiger partial charge in [-0.05, 0) is 18.4 Å². The molecule has 2 aromatic rings. The maximum absolute atomic E-state index is 11.3. The molecule has 5 heteroatoms. The molecule has 0 unspecified atom stereocenters. The minimum absolute atomic E-state index is 0.432. The molecule has 20 heavy (non-hydrogen) atoms. The molecule has 1 N–H and O–H groups in total. The number of hydrogen-bond acceptors (Lipinski definition) is 3. The van der Waals surface area contributed by atoms with Gasteiger partial charge in [0.05, 0.1) is 18.4 Å². The molecule has 0 bridgehead atoms. The van der Waals surface area contributed by atoms with E-state index in [0.29, 0.717) is 6.04 Å². The van der Waals surface area contributed by atoms with Crippen LogP contribution in [0.25, 0.3) is 0 Å². The van der Waals surface area contributed by atoms with E-state index in [2.05, 4.69) is 22.5 Å². The third kappa shape index (κ3) is 3.48. The van der Waals surface area contributed by atoms with Crippen molar-refractivity contribution < 1.29 is 4.21 Å². The average molecular weight is 289 g/mol. The molecule has 0 spiro atoms. The number of nitrogens with one attached hydrogen (secondary N) is 1. The van der Waals surface area contributed by atoms with Gasteiger partial charge < -0.3 is 5.32 Å². The van der Waals surface area contributed by atoms with Gasteiger partial charge in [0.15, 0.2) is 0 Å². The summed E-state index contributed by atoms with van der Waals surface area (Å²) in [6.07, 6.45) is 5.88. The van der Waals surface area contributed by atoms with Gasteiger partial charge in [0, 0.05) is 34.5 Å². The summed E-state index contributed by atoms with van der Waals surface area (Å²) >= 11 is 0. The first-order chi connectivity index (χ1) is 9.79. The summed E-state index contributed by atoms with van der Waals surface area (Å²) in [4.78, 5) is 0. The van der Waals surface area contributed by atoms with Gasteiger partial charge in [-0.1, -0.05) is 30.3 Å². The number of hydrogen-bond donors (Lipinski definition) is 1. The van der Waals surface area contributed by atoms with Crippen LogP contribution < -0.4 is 5.32 Å². The molecule has 0 aliphatic carbocycles. The highest BCUT2D eigenvalue weighted by Gasteiger charge is 2.17. The molecule has 1 aliphatic heterocycles. The van der Waals surface area contributed by atoms with E-state index in [0.717, 1.165) is 36.6 Å². The Bertz CT molecular complexity index is 572. The SMILES string of the molecule is O=S1CCC(Nc2cnn(Cc3ccccc3)c2)CC1. The average Bonchev–Trinajstić information content (AvgIpc) is 2.90. The molecule has 3 rings (SSSR count). The fraction of sp³-hybridized carbons (Fsp3) is 0.400. The predicted octanol–water partition coefficient (Wildman–Crippen LogP) is 2.25. The first-order valence-electron chi connectivity index (χ1n) is 6.97. The van der Waals surface area contributed by atoms with Gasteiger partial charge in [0.1, 0.15) is 0 Å². The maximum Gasteiger partial charge on any atom is 0.0728 e. The molecule has 1 aromatic heterocycles. The quantitative estimate of drug-likeness (QED) is 0.939. The van der Waals surface area contributed by atoms with Crippen LogP contribution in [0.15, 0.2) is 42.7 Å². The fourth-order valence-corrected chi connectivity index (χ4v) is 3.77. The minimum Gasteiger partial charge on any atom is -0.380 e. The van der Waals surface area contributed by atoms with Gasteiger partial charge in [0.25, 0.3) is 0 Å². The van der Waals surface area contributed by atoms with E-state index in [4.69, 9.17) is 0 Å². The molecule has 1 aromatic carbocycles. The summed E-state index contributed by atoms with van der Waals surface area (Å²) in [6, 6.07) is 10.7. The summed E-state index contributed by atoms with van der Waals surface area (Å²) in [5.41, 5.74) is 2.30. The molecule has 0 atom stereocenters. The van der Waals surface area contributed by atoms with Crippen LogP contribution in [0.1, 0.15) is 18.4 Å². The molecular weight excluding hydrogens is 270 g/mol. The van der Waals surface area contributed by atoms with Crippen molar-refractivity contribution in [3.05, 3.63) is 48.3 Å². The van der Waals surface area contributed by atoms with Gasteiger partial charge in [-0.2, -0.15) is 5.10 Å². The van der Waals surface area contributed by atoms with Crippen LogP contribution in [0.4, 0.5) is 5.69 Å². The summed E-state index contributed by atoms with van der Waals surface area (Å²) in [7, 11) is -0.601. The Morgan fingerprint density at radius 2 is 2.00 bits per heavy atom. The molecule has 4 nitrogen and oxygen atoms in total. The maximum atomic E-state index is 11.3. The lowest BCUT2D eigenvalue weighted by atomic mass is 10.1. The van der Waals surface area contributed by atoms with E-state index >= 15 is 0 Å². The zero-order valence-corrected chi connectivity index (χ0v) is 12.2. The highest BCUT2D eigenvalue weighted by atomic mass is 32.2. The van der Waals surface area contributed by atoms with Crippen molar-refractivity contribution in [1.82, 2.24) is 9.78 Å². The van der Waals surface area contributed by atoms with Crippen molar-refractivity contribution in [3.63, 3.8) is 0 Å².